The van der Waals surface area contributed by atoms with Gasteiger partial charge in [0, 0.05) is 24.2 Å². The van der Waals surface area contributed by atoms with Crippen LogP contribution in [0.15, 0.2) is 54.6 Å². The highest BCUT2D eigenvalue weighted by Gasteiger charge is 2.23. The molecule has 0 saturated carbocycles. The summed E-state index contributed by atoms with van der Waals surface area (Å²) in [5, 5.41) is 6.25. The Labute approximate surface area is 187 Å². The van der Waals surface area contributed by atoms with E-state index in [0.29, 0.717) is 22.2 Å². The van der Waals surface area contributed by atoms with Gasteiger partial charge < -0.3 is 10.2 Å². The van der Waals surface area contributed by atoms with Crippen molar-refractivity contribution in [2.45, 2.75) is 19.8 Å². The number of hydrogen-bond acceptors (Lipinski definition) is 3. The SMILES string of the molecule is CC1CCN(C(=O)c2ccccc2NC(=S)NC(=O)/C=C/c2ccccc2Cl)CC1. The van der Waals surface area contributed by atoms with Crippen LogP contribution in [0.25, 0.3) is 6.08 Å². The molecule has 30 heavy (non-hydrogen) atoms. The van der Waals surface area contributed by atoms with Crippen LogP contribution in [0.4, 0.5) is 5.69 Å². The van der Waals surface area contributed by atoms with E-state index in [1.54, 1.807) is 24.3 Å². The van der Waals surface area contributed by atoms with Crippen LogP contribution >= 0.6 is 23.8 Å². The summed E-state index contributed by atoms with van der Waals surface area (Å²) in [6, 6.07) is 14.4. The Hall–Kier alpha value is -2.70. The first-order valence-electron chi connectivity index (χ1n) is 9.87. The first kappa shape index (κ1) is 22.0. The molecule has 0 atom stereocenters. The molecule has 1 heterocycles. The zero-order valence-corrected chi connectivity index (χ0v) is 18.3. The van der Waals surface area contributed by atoms with Crippen LogP contribution in [-0.2, 0) is 4.79 Å². The molecule has 0 radical (unpaired) electrons. The molecular weight excluding hydrogens is 418 g/mol. The van der Waals surface area contributed by atoms with Crippen molar-refractivity contribution in [3.63, 3.8) is 0 Å². The van der Waals surface area contributed by atoms with E-state index in [1.165, 1.54) is 6.08 Å². The number of carbonyl (C=O) groups is 2. The number of likely N-dealkylation sites (tertiary alicyclic amines) is 1. The molecule has 2 N–H and O–H groups in total. The van der Waals surface area contributed by atoms with Gasteiger partial charge in [0.15, 0.2) is 5.11 Å². The first-order chi connectivity index (χ1) is 14.4. The maximum atomic E-state index is 13.0. The third-order valence-corrected chi connectivity index (χ3v) is 5.58. The molecule has 7 heteroatoms. The van der Waals surface area contributed by atoms with Crippen LogP contribution in [0.5, 0.6) is 0 Å². The molecule has 1 aliphatic heterocycles. The number of carbonyl (C=O) groups excluding carboxylic acids is 2. The topological polar surface area (TPSA) is 61.4 Å². The Balaban J connectivity index is 1.62. The van der Waals surface area contributed by atoms with Gasteiger partial charge in [0.2, 0.25) is 5.91 Å². The van der Waals surface area contributed by atoms with Gasteiger partial charge in [0.1, 0.15) is 0 Å². The average Bonchev–Trinajstić information content (AvgIpc) is 2.73. The fourth-order valence-corrected chi connectivity index (χ4v) is 3.65. The average molecular weight is 442 g/mol. The number of rotatable bonds is 4. The molecule has 5 nitrogen and oxygen atoms in total. The lowest BCUT2D eigenvalue weighted by atomic mass is 9.98. The van der Waals surface area contributed by atoms with Gasteiger partial charge in [-0.1, -0.05) is 48.9 Å². The summed E-state index contributed by atoms with van der Waals surface area (Å²) in [4.78, 5) is 27.0. The predicted molar refractivity (Wildman–Crippen MR) is 126 cm³/mol. The molecule has 0 aliphatic carbocycles. The minimum atomic E-state index is -0.388. The van der Waals surface area contributed by atoms with Crippen LogP contribution in [0.1, 0.15) is 35.7 Å². The lowest BCUT2D eigenvalue weighted by molar-refractivity contribution is -0.115. The highest BCUT2D eigenvalue weighted by molar-refractivity contribution is 7.80. The summed E-state index contributed by atoms with van der Waals surface area (Å²) in [6.07, 6.45) is 5.00. The van der Waals surface area contributed by atoms with Crippen molar-refractivity contribution < 1.29 is 9.59 Å². The van der Waals surface area contributed by atoms with Gasteiger partial charge >= 0.3 is 0 Å². The fraction of sp³-hybridized carbons (Fsp3) is 0.261. The fourth-order valence-electron chi connectivity index (χ4n) is 3.24. The Bertz CT molecular complexity index is 968. The number of amides is 2. The number of nitrogens with zero attached hydrogens (tertiary/aromatic N) is 1. The second-order valence-electron chi connectivity index (χ2n) is 7.32. The first-order valence-corrected chi connectivity index (χ1v) is 10.7. The minimum absolute atomic E-state index is 0.0299. The molecule has 0 aromatic heterocycles. The lowest BCUT2D eigenvalue weighted by Crippen LogP contribution is -2.39. The van der Waals surface area contributed by atoms with Gasteiger partial charge in [0.25, 0.3) is 5.91 Å². The van der Waals surface area contributed by atoms with Gasteiger partial charge in [-0.25, -0.2) is 0 Å². The molecule has 2 amide bonds. The van der Waals surface area contributed by atoms with Gasteiger partial charge in [-0.2, -0.15) is 0 Å². The number of piperidine rings is 1. The van der Waals surface area contributed by atoms with Gasteiger partial charge in [0.05, 0.1) is 11.3 Å². The van der Waals surface area contributed by atoms with E-state index >= 15 is 0 Å². The van der Waals surface area contributed by atoms with Crippen molar-refractivity contribution in [2.75, 3.05) is 18.4 Å². The molecule has 0 bridgehead atoms. The summed E-state index contributed by atoms with van der Waals surface area (Å²) >= 11 is 11.3. The minimum Gasteiger partial charge on any atom is -0.339 e. The quantitative estimate of drug-likeness (QED) is 0.531. The second-order valence-corrected chi connectivity index (χ2v) is 8.13. The molecule has 0 unspecified atom stereocenters. The second kappa shape index (κ2) is 10.4. The van der Waals surface area contributed by atoms with Gasteiger partial charge in [-0.3, -0.25) is 14.9 Å². The Kier molecular flexibility index (Phi) is 7.60. The van der Waals surface area contributed by atoms with Gasteiger partial charge in [-0.15, -0.1) is 0 Å². The summed E-state index contributed by atoms with van der Waals surface area (Å²) < 4.78 is 0. The number of halogens is 1. The van der Waals surface area contributed by atoms with E-state index in [2.05, 4.69) is 17.6 Å². The number of nitrogens with one attached hydrogen (secondary N) is 2. The smallest absolute Gasteiger partial charge is 0.255 e. The lowest BCUT2D eigenvalue weighted by Gasteiger charge is -2.30. The van der Waals surface area contributed by atoms with Crippen molar-refractivity contribution in [2.24, 2.45) is 5.92 Å². The number of para-hydroxylation sites is 1. The van der Waals surface area contributed by atoms with E-state index in [9.17, 15) is 9.59 Å². The standard InChI is InChI=1S/C23H24ClN3O2S/c1-16-12-14-27(15-13-16)22(29)18-7-3-5-9-20(18)25-23(30)26-21(28)11-10-17-6-2-4-8-19(17)24/h2-11,16H,12-15H2,1H3,(H2,25,26,28,30)/b11-10+. The summed E-state index contributed by atoms with van der Waals surface area (Å²) in [5.41, 5.74) is 1.84. The number of anilines is 1. The normalized spacial score (nSPS) is 14.5. The van der Waals surface area contributed by atoms with Crippen molar-refractivity contribution >= 4 is 52.5 Å². The molecule has 3 rings (SSSR count). The maximum absolute atomic E-state index is 13.0. The molecule has 1 saturated heterocycles. The van der Waals surface area contributed by atoms with Crippen LogP contribution in [0, 0.1) is 5.92 Å². The summed E-state index contributed by atoms with van der Waals surface area (Å²) in [5.74, 6) is 0.225. The molecular formula is C23H24ClN3O2S. The maximum Gasteiger partial charge on any atom is 0.255 e. The van der Waals surface area contributed by atoms with Crippen LogP contribution < -0.4 is 10.6 Å². The van der Waals surface area contributed by atoms with Crippen molar-refractivity contribution in [3.05, 3.63) is 70.8 Å². The number of thiocarbonyl (C=S) groups is 1. The number of hydrogen-bond donors (Lipinski definition) is 2. The molecule has 1 aliphatic rings. The van der Waals surface area contributed by atoms with Crippen molar-refractivity contribution in [3.8, 4) is 0 Å². The monoisotopic (exact) mass is 441 g/mol. The van der Waals surface area contributed by atoms with E-state index < -0.39 is 0 Å². The Morgan fingerprint density at radius 1 is 1.10 bits per heavy atom. The molecule has 2 aromatic rings. The number of benzene rings is 2. The molecule has 156 valence electrons. The largest absolute Gasteiger partial charge is 0.339 e. The molecule has 1 fully saturated rings. The van der Waals surface area contributed by atoms with Crippen LogP contribution in [0.2, 0.25) is 5.02 Å². The van der Waals surface area contributed by atoms with Gasteiger partial charge in [-0.05, 0) is 60.8 Å². The van der Waals surface area contributed by atoms with E-state index in [0.717, 1.165) is 31.5 Å². The van der Waals surface area contributed by atoms with Crippen molar-refractivity contribution in [1.82, 2.24) is 10.2 Å². The predicted octanol–water partition coefficient (Wildman–Crippen LogP) is 4.74. The van der Waals surface area contributed by atoms with E-state index in [4.69, 9.17) is 23.8 Å². The third-order valence-electron chi connectivity index (χ3n) is 5.03. The van der Waals surface area contributed by atoms with Crippen molar-refractivity contribution in [1.29, 1.82) is 0 Å². The summed E-state index contributed by atoms with van der Waals surface area (Å²) in [7, 11) is 0. The van der Waals surface area contributed by atoms with E-state index in [-0.39, 0.29) is 16.9 Å². The molecule has 2 aromatic carbocycles. The highest BCUT2D eigenvalue weighted by atomic mass is 35.5. The van der Waals surface area contributed by atoms with Crippen LogP contribution in [0.3, 0.4) is 0 Å². The zero-order chi connectivity index (χ0) is 21.5. The Morgan fingerprint density at radius 2 is 1.77 bits per heavy atom. The van der Waals surface area contributed by atoms with E-state index in [1.807, 2.05) is 35.2 Å². The summed E-state index contributed by atoms with van der Waals surface area (Å²) in [6.45, 7) is 3.71. The highest BCUT2D eigenvalue weighted by Crippen LogP contribution is 2.22. The van der Waals surface area contributed by atoms with Crippen LogP contribution in [-0.4, -0.2) is 34.9 Å². The Morgan fingerprint density at radius 3 is 2.50 bits per heavy atom. The molecule has 0 spiro atoms. The third kappa shape index (κ3) is 5.90. The zero-order valence-electron chi connectivity index (χ0n) is 16.7.